The summed E-state index contributed by atoms with van der Waals surface area (Å²) in [5, 5.41) is 8.96. The number of ether oxygens (including phenoxy) is 1. The summed E-state index contributed by atoms with van der Waals surface area (Å²) in [6, 6.07) is 19.5. The molecule has 5 nitrogen and oxygen atoms in total. The van der Waals surface area contributed by atoms with Crippen LogP contribution in [0.4, 0.5) is 5.82 Å². The van der Waals surface area contributed by atoms with Gasteiger partial charge in [-0.25, -0.2) is 0 Å². The number of rotatable bonds is 7. The van der Waals surface area contributed by atoms with Crippen LogP contribution in [0.2, 0.25) is 20.1 Å². The minimum absolute atomic E-state index is 0.238. The van der Waals surface area contributed by atoms with Crippen LogP contribution < -0.4 is 10.1 Å². The van der Waals surface area contributed by atoms with Gasteiger partial charge in [0.1, 0.15) is 17.4 Å². The number of nitrogens with one attached hydrogen (secondary N) is 1. The molecule has 9 heteroatoms. The fraction of sp³-hybridized carbons (Fsp3) is 0.0833. The van der Waals surface area contributed by atoms with Gasteiger partial charge in [-0.1, -0.05) is 76.7 Å². The molecule has 4 rings (SSSR count). The number of anilines is 1. The molecule has 33 heavy (non-hydrogen) atoms. The molecule has 0 fully saturated rings. The van der Waals surface area contributed by atoms with Crippen molar-refractivity contribution in [2.45, 2.75) is 13.2 Å². The van der Waals surface area contributed by atoms with Crippen LogP contribution >= 0.6 is 46.4 Å². The zero-order chi connectivity index (χ0) is 23.4. The summed E-state index contributed by atoms with van der Waals surface area (Å²) in [5.41, 5.74) is 1.96. The Balaban J connectivity index is 1.44. The van der Waals surface area contributed by atoms with Gasteiger partial charge in [0.15, 0.2) is 5.82 Å². The van der Waals surface area contributed by atoms with Gasteiger partial charge in [0, 0.05) is 27.4 Å². The Morgan fingerprint density at radius 3 is 2.33 bits per heavy atom. The Hall–Kier alpha value is -2.70. The Bertz CT molecular complexity index is 1290. The van der Waals surface area contributed by atoms with Crippen molar-refractivity contribution in [1.82, 2.24) is 9.78 Å². The van der Waals surface area contributed by atoms with Crippen LogP contribution in [0, 0.1) is 0 Å². The summed E-state index contributed by atoms with van der Waals surface area (Å²) < 4.78 is 7.32. The number of halogens is 4. The van der Waals surface area contributed by atoms with Crippen LogP contribution in [0.15, 0.2) is 72.9 Å². The van der Waals surface area contributed by atoms with Crippen molar-refractivity contribution >= 4 is 58.1 Å². The third-order valence-corrected chi connectivity index (χ3v) is 6.05. The molecule has 3 aromatic carbocycles. The molecule has 0 unspecified atom stereocenters. The maximum absolute atomic E-state index is 12.8. The van der Waals surface area contributed by atoms with Crippen LogP contribution in [0.1, 0.15) is 21.5 Å². The van der Waals surface area contributed by atoms with Gasteiger partial charge in [-0.3, -0.25) is 9.48 Å². The van der Waals surface area contributed by atoms with Gasteiger partial charge < -0.3 is 10.1 Å². The maximum Gasteiger partial charge on any atom is 0.256 e. The number of benzene rings is 3. The van der Waals surface area contributed by atoms with E-state index in [0.717, 1.165) is 5.56 Å². The molecule has 0 radical (unpaired) electrons. The highest BCUT2D eigenvalue weighted by Gasteiger charge is 2.15. The molecule has 1 aromatic heterocycles. The first-order valence-corrected chi connectivity index (χ1v) is 11.4. The van der Waals surface area contributed by atoms with E-state index in [2.05, 4.69) is 10.4 Å². The van der Waals surface area contributed by atoms with E-state index in [1.807, 2.05) is 18.2 Å². The van der Waals surface area contributed by atoms with E-state index in [1.54, 1.807) is 59.4 Å². The Morgan fingerprint density at radius 1 is 0.879 bits per heavy atom. The molecule has 0 aliphatic rings. The van der Waals surface area contributed by atoms with Crippen molar-refractivity contribution in [1.29, 1.82) is 0 Å². The van der Waals surface area contributed by atoms with Crippen molar-refractivity contribution < 1.29 is 9.53 Å². The zero-order valence-electron chi connectivity index (χ0n) is 17.1. The third-order valence-electron chi connectivity index (χ3n) is 4.75. The minimum atomic E-state index is -0.350. The van der Waals surface area contributed by atoms with Gasteiger partial charge in [-0.05, 0) is 42.0 Å². The molecule has 168 valence electrons. The van der Waals surface area contributed by atoms with Crippen LogP contribution in [-0.4, -0.2) is 15.7 Å². The molecule has 4 aromatic rings. The molecule has 1 heterocycles. The van der Waals surface area contributed by atoms with Gasteiger partial charge in [0.2, 0.25) is 0 Å². The molecule has 0 aliphatic carbocycles. The standard InChI is InChI=1S/C24H17Cl4N3O2/c25-18-8-4-9-19(26)17(18)12-31-13-21(28)23(30-31)29-24(32)16-6-3-5-15(11-16)14-33-22-10-2-1-7-20(22)27/h1-11,13H,12,14H2,(H,29,30,32). The summed E-state index contributed by atoms with van der Waals surface area (Å²) in [6.45, 7) is 0.571. The lowest BCUT2D eigenvalue weighted by molar-refractivity contribution is 0.102. The summed E-state index contributed by atoms with van der Waals surface area (Å²) in [5.74, 6) is 0.463. The van der Waals surface area contributed by atoms with E-state index in [-0.39, 0.29) is 18.3 Å². The smallest absolute Gasteiger partial charge is 0.256 e. The average Bonchev–Trinajstić information content (AvgIpc) is 3.14. The van der Waals surface area contributed by atoms with E-state index in [1.165, 1.54) is 0 Å². The highest BCUT2D eigenvalue weighted by molar-refractivity contribution is 6.36. The number of carbonyl (C=O) groups excluding carboxylic acids is 1. The number of aromatic nitrogens is 2. The number of hydrogen-bond donors (Lipinski definition) is 1. The molecule has 0 bridgehead atoms. The number of carbonyl (C=O) groups is 1. The third kappa shape index (κ3) is 5.81. The highest BCUT2D eigenvalue weighted by Crippen LogP contribution is 2.27. The Morgan fingerprint density at radius 2 is 1.58 bits per heavy atom. The largest absolute Gasteiger partial charge is 0.487 e. The van der Waals surface area contributed by atoms with Gasteiger partial charge in [-0.2, -0.15) is 5.10 Å². The van der Waals surface area contributed by atoms with Crippen LogP contribution in [0.5, 0.6) is 5.75 Å². The monoisotopic (exact) mass is 519 g/mol. The molecular weight excluding hydrogens is 504 g/mol. The van der Waals surface area contributed by atoms with E-state index in [4.69, 9.17) is 51.1 Å². The molecule has 1 N–H and O–H groups in total. The number of nitrogens with zero attached hydrogens (tertiary/aromatic N) is 2. The first-order valence-electron chi connectivity index (χ1n) is 9.84. The van der Waals surface area contributed by atoms with Crippen molar-refractivity contribution in [2.75, 3.05) is 5.32 Å². The van der Waals surface area contributed by atoms with Crippen LogP contribution in [-0.2, 0) is 13.2 Å². The quantitative estimate of drug-likeness (QED) is 0.276. The van der Waals surface area contributed by atoms with Gasteiger partial charge in [-0.15, -0.1) is 0 Å². The van der Waals surface area contributed by atoms with Gasteiger partial charge in [0.05, 0.1) is 11.6 Å². The SMILES string of the molecule is O=C(Nc1nn(Cc2c(Cl)cccc2Cl)cc1Cl)c1cccc(COc2ccccc2Cl)c1. The van der Waals surface area contributed by atoms with Crippen molar-refractivity contribution in [3.8, 4) is 5.75 Å². The summed E-state index contributed by atoms with van der Waals surface area (Å²) >= 11 is 24.9. The fourth-order valence-electron chi connectivity index (χ4n) is 3.11. The van der Waals surface area contributed by atoms with E-state index in [9.17, 15) is 4.79 Å². The van der Waals surface area contributed by atoms with E-state index in [0.29, 0.717) is 43.5 Å². The van der Waals surface area contributed by atoms with Crippen LogP contribution in [0.3, 0.4) is 0 Å². The van der Waals surface area contributed by atoms with Crippen molar-refractivity contribution in [3.05, 3.63) is 110 Å². The molecule has 0 aliphatic heterocycles. The topological polar surface area (TPSA) is 56.2 Å². The minimum Gasteiger partial charge on any atom is -0.487 e. The van der Waals surface area contributed by atoms with Crippen LogP contribution in [0.25, 0.3) is 0 Å². The lowest BCUT2D eigenvalue weighted by Crippen LogP contribution is -2.13. The molecule has 0 atom stereocenters. The first kappa shape index (κ1) is 23.5. The average molecular weight is 521 g/mol. The van der Waals surface area contributed by atoms with Crippen molar-refractivity contribution in [2.24, 2.45) is 0 Å². The number of para-hydroxylation sites is 1. The van der Waals surface area contributed by atoms with Crippen molar-refractivity contribution in [3.63, 3.8) is 0 Å². The molecule has 0 saturated carbocycles. The zero-order valence-corrected chi connectivity index (χ0v) is 20.1. The first-order chi connectivity index (χ1) is 15.9. The Labute approximate surface area is 210 Å². The van der Waals surface area contributed by atoms with Gasteiger partial charge >= 0.3 is 0 Å². The normalized spacial score (nSPS) is 10.8. The molecule has 0 saturated heterocycles. The fourth-order valence-corrected chi connectivity index (χ4v) is 4.02. The second-order valence-corrected chi connectivity index (χ2v) is 8.73. The molecule has 1 amide bonds. The van der Waals surface area contributed by atoms with E-state index < -0.39 is 0 Å². The lowest BCUT2D eigenvalue weighted by Gasteiger charge is -2.09. The lowest BCUT2D eigenvalue weighted by atomic mass is 10.1. The second-order valence-electron chi connectivity index (χ2n) is 7.10. The summed E-state index contributed by atoms with van der Waals surface area (Å²) in [6.07, 6.45) is 1.60. The summed E-state index contributed by atoms with van der Waals surface area (Å²) in [4.78, 5) is 12.8. The summed E-state index contributed by atoms with van der Waals surface area (Å²) in [7, 11) is 0. The molecular formula is C24H17Cl4N3O2. The predicted octanol–water partition coefficient (Wildman–Crippen LogP) is 7.38. The van der Waals surface area contributed by atoms with Gasteiger partial charge in [0.25, 0.3) is 5.91 Å². The number of hydrogen-bond acceptors (Lipinski definition) is 3. The second kappa shape index (κ2) is 10.5. The maximum atomic E-state index is 12.8. The van der Waals surface area contributed by atoms with E-state index >= 15 is 0 Å². The highest BCUT2D eigenvalue weighted by atomic mass is 35.5. The molecule has 0 spiro atoms. The number of amides is 1. The predicted molar refractivity (Wildman–Crippen MR) is 133 cm³/mol. The Kier molecular flexibility index (Phi) is 7.46.